The van der Waals surface area contributed by atoms with Crippen LogP contribution in [0.25, 0.3) is 0 Å². The third kappa shape index (κ3) is 4.15. The normalized spacial score (nSPS) is 29.4. The van der Waals surface area contributed by atoms with Crippen LogP contribution in [0.5, 0.6) is 5.75 Å². The lowest BCUT2D eigenvalue weighted by Gasteiger charge is -2.41. The van der Waals surface area contributed by atoms with E-state index in [1.54, 1.807) is 13.2 Å². The van der Waals surface area contributed by atoms with Crippen molar-refractivity contribution in [3.05, 3.63) is 29.6 Å². The Bertz CT molecular complexity index is 575. The smallest absolute Gasteiger partial charge is 0.125 e. The molecule has 0 radical (unpaired) electrons. The van der Waals surface area contributed by atoms with E-state index in [-0.39, 0.29) is 11.7 Å². The minimum Gasteiger partial charge on any atom is -0.496 e. The van der Waals surface area contributed by atoms with Gasteiger partial charge in [0.2, 0.25) is 0 Å². The van der Waals surface area contributed by atoms with Gasteiger partial charge in [-0.2, -0.15) is 0 Å². The van der Waals surface area contributed by atoms with Crippen LogP contribution in [0.4, 0.5) is 4.39 Å². The first-order valence-corrected chi connectivity index (χ1v) is 9.50. The minimum absolute atomic E-state index is 0.106. The van der Waals surface area contributed by atoms with E-state index < -0.39 is 5.60 Å². The molecule has 1 aliphatic heterocycles. The van der Waals surface area contributed by atoms with Gasteiger partial charge in [-0.25, -0.2) is 4.39 Å². The van der Waals surface area contributed by atoms with Crippen molar-refractivity contribution in [3.63, 3.8) is 0 Å². The second-order valence-corrected chi connectivity index (χ2v) is 7.67. The number of hydrogen-bond acceptors (Lipinski definition) is 4. The molecule has 0 bridgehead atoms. The summed E-state index contributed by atoms with van der Waals surface area (Å²) in [6, 6.07) is 4.51. The number of nitrogens with zero attached hydrogens (tertiary/aromatic N) is 2. The summed E-state index contributed by atoms with van der Waals surface area (Å²) >= 11 is 0. The van der Waals surface area contributed by atoms with Gasteiger partial charge in [-0.1, -0.05) is 19.3 Å². The molecule has 2 unspecified atom stereocenters. The molecular formula is C20H31FN2O2. The average molecular weight is 350 g/mol. The zero-order valence-corrected chi connectivity index (χ0v) is 15.5. The molecular weight excluding hydrogens is 319 g/mol. The van der Waals surface area contributed by atoms with Crippen LogP contribution in [0.1, 0.15) is 37.7 Å². The Labute approximate surface area is 150 Å². The summed E-state index contributed by atoms with van der Waals surface area (Å²) in [6.07, 6.45) is 4.86. The number of benzene rings is 1. The van der Waals surface area contributed by atoms with Crippen molar-refractivity contribution in [2.75, 3.05) is 46.9 Å². The van der Waals surface area contributed by atoms with E-state index in [0.29, 0.717) is 17.7 Å². The fourth-order valence-corrected chi connectivity index (χ4v) is 4.36. The van der Waals surface area contributed by atoms with Crippen molar-refractivity contribution < 1.29 is 14.2 Å². The van der Waals surface area contributed by atoms with E-state index in [9.17, 15) is 9.50 Å². The fourth-order valence-electron chi connectivity index (χ4n) is 4.36. The van der Waals surface area contributed by atoms with Crippen molar-refractivity contribution in [2.24, 2.45) is 5.92 Å². The highest BCUT2D eigenvalue weighted by molar-refractivity contribution is 5.39. The van der Waals surface area contributed by atoms with E-state index in [2.05, 4.69) is 16.8 Å². The van der Waals surface area contributed by atoms with E-state index in [0.717, 1.165) is 58.4 Å². The Hall–Kier alpha value is -1.17. The number of ether oxygens (including phenoxy) is 1. The lowest BCUT2D eigenvalue weighted by Crippen LogP contribution is -2.49. The third-order valence-corrected chi connectivity index (χ3v) is 5.99. The molecule has 2 atom stereocenters. The van der Waals surface area contributed by atoms with Crippen LogP contribution >= 0.6 is 0 Å². The molecule has 25 heavy (non-hydrogen) atoms. The molecule has 2 aliphatic rings. The molecule has 0 aromatic heterocycles. The molecule has 4 nitrogen and oxygen atoms in total. The number of halogens is 1. The van der Waals surface area contributed by atoms with Crippen LogP contribution in [0.3, 0.4) is 0 Å². The van der Waals surface area contributed by atoms with Crippen molar-refractivity contribution in [3.8, 4) is 5.75 Å². The Morgan fingerprint density at radius 2 is 1.96 bits per heavy atom. The van der Waals surface area contributed by atoms with E-state index in [1.165, 1.54) is 12.1 Å². The third-order valence-electron chi connectivity index (χ3n) is 5.99. The van der Waals surface area contributed by atoms with Gasteiger partial charge < -0.3 is 19.6 Å². The monoisotopic (exact) mass is 350 g/mol. The number of methoxy groups -OCH3 is 1. The summed E-state index contributed by atoms with van der Waals surface area (Å²) in [5.74, 6) is 0.384. The molecule has 1 aliphatic carbocycles. The summed E-state index contributed by atoms with van der Waals surface area (Å²) in [6.45, 7) is 5.06. The fraction of sp³-hybridized carbons (Fsp3) is 0.700. The first-order chi connectivity index (χ1) is 12.0. The summed E-state index contributed by atoms with van der Waals surface area (Å²) in [4.78, 5) is 4.79. The van der Waals surface area contributed by atoms with Gasteiger partial charge >= 0.3 is 0 Å². The van der Waals surface area contributed by atoms with Crippen molar-refractivity contribution in [1.29, 1.82) is 0 Å². The van der Waals surface area contributed by atoms with Crippen LogP contribution in [0.15, 0.2) is 18.2 Å². The molecule has 1 N–H and O–H groups in total. The van der Waals surface area contributed by atoms with Gasteiger partial charge in [0.1, 0.15) is 11.6 Å². The molecule has 5 heteroatoms. The molecule has 1 aromatic carbocycles. The second kappa shape index (κ2) is 8.02. The standard InChI is InChI=1S/C20H31FN2O2/c1-22-10-12-23(13-11-22)15-16-6-4-3-5-9-20(16,24)18-14-17(21)7-8-19(18)25-2/h7-8,14,16,24H,3-6,9-13,15H2,1-2H3. The van der Waals surface area contributed by atoms with E-state index in [1.807, 2.05) is 0 Å². The Morgan fingerprint density at radius 1 is 1.20 bits per heavy atom. The van der Waals surface area contributed by atoms with Gasteiger partial charge in [0.05, 0.1) is 12.7 Å². The maximum Gasteiger partial charge on any atom is 0.125 e. The van der Waals surface area contributed by atoms with Crippen LogP contribution in [0.2, 0.25) is 0 Å². The Balaban J connectivity index is 1.87. The van der Waals surface area contributed by atoms with E-state index >= 15 is 0 Å². The molecule has 1 saturated carbocycles. The van der Waals surface area contributed by atoms with Crippen LogP contribution < -0.4 is 4.74 Å². The summed E-state index contributed by atoms with van der Waals surface area (Å²) < 4.78 is 19.4. The lowest BCUT2D eigenvalue weighted by molar-refractivity contribution is -0.0481. The second-order valence-electron chi connectivity index (χ2n) is 7.67. The van der Waals surface area contributed by atoms with Crippen molar-refractivity contribution >= 4 is 0 Å². The maximum absolute atomic E-state index is 14.0. The van der Waals surface area contributed by atoms with E-state index in [4.69, 9.17) is 4.74 Å². The molecule has 140 valence electrons. The van der Waals surface area contributed by atoms with Crippen molar-refractivity contribution in [2.45, 2.75) is 37.7 Å². The maximum atomic E-state index is 14.0. The first-order valence-electron chi connectivity index (χ1n) is 9.50. The number of likely N-dealkylation sites (N-methyl/N-ethyl adjacent to an activating group) is 1. The highest BCUT2D eigenvalue weighted by Gasteiger charge is 2.42. The first kappa shape index (κ1) is 18.6. The van der Waals surface area contributed by atoms with Crippen LogP contribution in [-0.2, 0) is 5.60 Å². The molecule has 1 saturated heterocycles. The number of rotatable bonds is 4. The van der Waals surface area contributed by atoms with Gasteiger partial charge in [-0.3, -0.25) is 0 Å². The SMILES string of the molecule is COc1ccc(F)cc1C1(O)CCCCCC1CN1CCN(C)CC1. The number of hydrogen-bond donors (Lipinski definition) is 1. The molecule has 0 spiro atoms. The highest BCUT2D eigenvalue weighted by Crippen LogP contribution is 2.44. The van der Waals surface area contributed by atoms with Gasteiger partial charge in [0, 0.05) is 44.2 Å². The van der Waals surface area contributed by atoms with Gasteiger partial charge in [0.25, 0.3) is 0 Å². The Morgan fingerprint density at radius 3 is 2.68 bits per heavy atom. The number of aliphatic hydroxyl groups is 1. The predicted molar refractivity (Wildman–Crippen MR) is 97.4 cm³/mol. The minimum atomic E-state index is -1.02. The van der Waals surface area contributed by atoms with Gasteiger partial charge in [-0.05, 0) is 38.1 Å². The number of piperazine rings is 1. The van der Waals surface area contributed by atoms with Crippen LogP contribution in [-0.4, -0.2) is 61.8 Å². The van der Waals surface area contributed by atoms with Crippen molar-refractivity contribution in [1.82, 2.24) is 9.80 Å². The lowest BCUT2D eigenvalue weighted by atomic mass is 9.77. The molecule has 1 heterocycles. The molecule has 1 aromatic rings. The quantitative estimate of drug-likeness (QED) is 0.847. The zero-order chi connectivity index (χ0) is 17.9. The van der Waals surface area contributed by atoms with Crippen LogP contribution in [0, 0.1) is 11.7 Å². The highest BCUT2D eigenvalue weighted by atomic mass is 19.1. The Kier molecular flexibility index (Phi) is 5.97. The molecule has 2 fully saturated rings. The van der Waals surface area contributed by atoms with Gasteiger partial charge in [-0.15, -0.1) is 0 Å². The zero-order valence-electron chi connectivity index (χ0n) is 15.5. The largest absolute Gasteiger partial charge is 0.496 e. The molecule has 0 amide bonds. The molecule has 3 rings (SSSR count). The summed E-state index contributed by atoms with van der Waals surface area (Å²) in [5, 5.41) is 11.7. The topological polar surface area (TPSA) is 35.9 Å². The van der Waals surface area contributed by atoms with Gasteiger partial charge in [0.15, 0.2) is 0 Å². The average Bonchev–Trinajstić information content (AvgIpc) is 2.79. The summed E-state index contributed by atoms with van der Waals surface area (Å²) in [5.41, 5.74) is -0.399. The summed E-state index contributed by atoms with van der Waals surface area (Å²) in [7, 11) is 3.74. The predicted octanol–water partition coefficient (Wildman–Crippen LogP) is 2.85.